The second kappa shape index (κ2) is 26.0. The van der Waals surface area contributed by atoms with Crippen LogP contribution in [0.2, 0.25) is 0 Å². The molecule has 3 N–H and O–H groups in total. The Labute approximate surface area is 489 Å². The molecule has 0 amide bonds. The Morgan fingerprint density at radius 1 is 0.493 bits per heavy atom. The van der Waals surface area contributed by atoms with Gasteiger partial charge in [-0.15, -0.1) is 5.11 Å². The maximum absolute atomic E-state index is 12.8. The van der Waals surface area contributed by atoms with Crippen molar-refractivity contribution in [3.8, 4) is 34.5 Å². The Balaban J connectivity index is 0.000000563. The maximum Gasteiger partial charge on any atom is 3.00 e. The molecule has 0 aliphatic heterocycles. The summed E-state index contributed by atoms with van der Waals surface area (Å²) < 4.78 is 34.8. The van der Waals surface area contributed by atoms with Crippen LogP contribution in [0.5, 0.6) is 34.5 Å². The molecule has 0 saturated heterocycles. The van der Waals surface area contributed by atoms with Crippen molar-refractivity contribution in [3.63, 3.8) is 0 Å². The van der Waals surface area contributed by atoms with Gasteiger partial charge < -0.3 is 40.5 Å². The van der Waals surface area contributed by atoms with Crippen LogP contribution in [0.3, 0.4) is 0 Å². The van der Waals surface area contributed by atoms with Gasteiger partial charge in [0.25, 0.3) is 28.4 Å². The zero-order valence-electron chi connectivity index (χ0n) is 35.3. The fraction of sp³-hybridized carbons (Fsp3) is 0. The van der Waals surface area contributed by atoms with E-state index in [-0.39, 0.29) is 154 Å². The van der Waals surface area contributed by atoms with Gasteiger partial charge in [0.2, 0.25) is 0 Å². The Morgan fingerprint density at radius 2 is 0.972 bits per heavy atom. The summed E-state index contributed by atoms with van der Waals surface area (Å²) in [6.45, 7) is 0. The minimum absolute atomic E-state index is 0. The molecule has 0 spiro atoms. The quantitative estimate of drug-likeness (QED) is 0.0440. The number of hydrogen-bond donors (Lipinski definition) is 3. The van der Waals surface area contributed by atoms with Crippen LogP contribution in [-0.2, 0) is 27.2 Å². The number of nitrogens with one attached hydrogen (secondary N) is 1. The summed E-state index contributed by atoms with van der Waals surface area (Å²) >= 11 is 0. The van der Waals surface area contributed by atoms with Crippen LogP contribution in [0, 0.1) is 50.6 Å². The summed E-state index contributed by atoms with van der Waals surface area (Å²) in [4.78, 5) is 48.7. The van der Waals surface area contributed by atoms with Gasteiger partial charge in [0.05, 0.1) is 75.8 Å². The van der Waals surface area contributed by atoms with Crippen molar-refractivity contribution in [1.29, 1.82) is 0 Å². The number of anilines is 2. The second-order valence-electron chi connectivity index (χ2n) is 12.8. The van der Waals surface area contributed by atoms with Crippen LogP contribution in [0.1, 0.15) is 0 Å². The number of nitro benzene ring substituents is 5. The molecule has 0 fully saturated rings. The smallest absolute Gasteiger partial charge is 0.871 e. The molecule has 35 heteroatoms. The first-order chi connectivity index (χ1) is 31.9. The Hall–Kier alpha value is -6.58. The molecule has 6 aromatic carbocycles. The van der Waals surface area contributed by atoms with Crippen LogP contribution in [0.25, 0.3) is 0 Å². The molecular weight excluding hydrogens is 1070 g/mol. The normalized spacial score (nSPS) is 10.8. The Kier molecular flexibility index (Phi) is 22.2. The third-order valence-corrected chi connectivity index (χ3v) is 9.18. The van der Waals surface area contributed by atoms with E-state index in [1.165, 1.54) is 24.3 Å². The largest absolute Gasteiger partial charge is 3.00 e. The first-order valence-electron chi connectivity index (χ1n) is 17.6. The Bertz CT molecular complexity index is 3280. The molecule has 353 valence electrons. The van der Waals surface area contributed by atoms with E-state index < -0.39 is 114 Å². The van der Waals surface area contributed by atoms with Crippen LogP contribution in [0.4, 0.5) is 73.9 Å². The van der Waals surface area contributed by atoms with Crippen LogP contribution >= 0.6 is 0 Å². The van der Waals surface area contributed by atoms with Crippen molar-refractivity contribution in [3.05, 3.63) is 148 Å². The van der Waals surface area contributed by atoms with E-state index in [9.17, 15) is 89.1 Å². The Morgan fingerprint density at radius 3 is 1.45 bits per heavy atom. The molecule has 0 saturated carbocycles. The molecule has 0 unspecified atom stereocenters. The van der Waals surface area contributed by atoms with Gasteiger partial charge in [0, 0.05) is 41.5 Å². The van der Waals surface area contributed by atoms with Gasteiger partial charge in [-0.25, -0.2) is 8.42 Å². The third-order valence-electron chi connectivity index (χ3n) is 8.30. The summed E-state index contributed by atoms with van der Waals surface area (Å²) in [5.74, 6) is -5.27. The van der Waals surface area contributed by atoms with Gasteiger partial charge in [-0.1, -0.05) is 5.75 Å². The molecule has 0 aromatic heterocycles. The van der Waals surface area contributed by atoms with E-state index in [1.54, 1.807) is 0 Å². The molecule has 31 nitrogen and oxygen atoms in total. The summed E-state index contributed by atoms with van der Waals surface area (Å²) in [5, 5.41) is 146. The van der Waals surface area contributed by atoms with E-state index >= 15 is 0 Å². The molecule has 0 bridgehead atoms. The molecule has 0 aliphatic carbocycles. The predicted molar refractivity (Wildman–Crippen MR) is 217 cm³/mol. The average molecular weight is 1090 g/mol. The van der Waals surface area contributed by atoms with E-state index in [0.29, 0.717) is 30.3 Å². The van der Waals surface area contributed by atoms with Gasteiger partial charge in [0.1, 0.15) is 27.3 Å². The molecule has 1 radical (unpaired) electrons. The van der Waals surface area contributed by atoms with Crippen molar-refractivity contribution in [2.24, 2.45) is 30.7 Å². The van der Waals surface area contributed by atoms with Crippen molar-refractivity contribution < 1.29 is 188 Å². The van der Waals surface area contributed by atoms with Gasteiger partial charge in [-0.3, -0.25) is 50.6 Å². The minimum atomic E-state index is -5.08. The first-order valence-corrected chi connectivity index (χ1v) is 19.0. The minimum Gasteiger partial charge on any atom is -0.871 e. The third kappa shape index (κ3) is 15.7. The molecule has 71 heavy (non-hydrogen) atoms. The fourth-order valence-electron chi connectivity index (χ4n) is 5.13. The van der Waals surface area contributed by atoms with Crippen molar-refractivity contribution >= 4 is 84.1 Å². The van der Waals surface area contributed by atoms with Crippen molar-refractivity contribution in [2.45, 2.75) is 4.90 Å². The predicted octanol–water partition coefficient (Wildman–Crippen LogP) is 0.519. The second-order valence-corrected chi connectivity index (χ2v) is 14.1. The summed E-state index contributed by atoms with van der Waals surface area (Å²) in [7, 11) is -5.08. The molecular formula is C36H19FeK2N12O19S. The number of benzene rings is 6. The van der Waals surface area contributed by atoms with Crippen LogP contribution in [0.15, 0.2) is 133 Å². The van der Waals surface area contributed by atoms with E-state index in [4.69, 9.17) is 5.11 Å². The number of rotatable bonds is 14. The van der Waals surface area contributed by atoms with Gasteiger partial charge in [-0.05, 0) is 66.4 Å². The maximum atomic E-state index is 12.8. The van der Waals surface area contributed by atoms with E-state index in [2.05, 4.69) is 36.0 Å². The summed E-state index contributed by atoms with van der Waals surface area (Å²) in [5.41, 5.74) is -7.06. The van der Waals surface area contributed by atoms with Gasteiger partial charge in [-0.2, -0.15) is 25.6 Å². The molecule has 0 atom stereocenters. The first kappa shape index (κ1) is 60.5. The monoisotopic (exact) mass is 1090 g/mol. The van der Waals surface area contributed by atoms with Gasteiger partial charge >= 0.3 is 120 Å². The summed E-state index contributed by atoms with van der Waals surface area (Å²) in [6, 6.07) is 15.6. The number of nitrogens with zero attached hydrogens (tertiary/aromatic N) is 11. The zero-order chi connectivity index (χ0) is 50.2. The number of phenolic OH excluding ortho intramolecular Hbond substituents is 2. The van der Waals surface area contributed by atoms with E-state index in [0.717, 1.165) is 42.5 Å². The van der Waals surface area contributed by atoms with Gasteiger partial charge in [0.15, 0.2) is 0 Å². The van der Waals surface area contributed by atoms with Crippen LogP contribution in [-0.4, -0.2) is 47.8 Å². The molecule has 6 aromatic rings. The number of azo groups is 3. The number of hydrogen-bond acceptors (Lipinski definition) is 26. The van der Waals surface area contributed by atoms with Crippen molar-refractivity contribution in [1.82, 2.24) is 0 Å². The number of non-ortho nitro benzene ring substituents is 3. The fourth-order valence-corrected chi connectivity index (χ4v) is 5.79. The summed E-state index contributed by atoms with van der Waals surface area (Å²) in [6.07, 6.45) is 0. The molecule has 0 aliphatic rings. The number of aromatic hydroxyl groups is 2. The van der Waals surface area contributed by atoms with E-state index in [1.807, 2.05) is 0 Å². The standard InChI is InChI=1S/C24H16N8O12S.C12H8N4O7.Fe.2K/c33-20-8-7-17(24(35)22(20)29-28-18-9-15(31(38)39)10-19(23(18)34)32(40)41)27-26-13-3-1-12(2-4-13)25-16-6-5-14(30(36)37)11-21(16)45(42,43)44;17-7-1-2-8(11(18)5-7)13-14-9-3-6(15(20)21)4-10(12(9)19)16(22)23;;;/h1-11,25,33-35H,(H,42,43,44);1-5,17-19H;;;/q;;+3;2*+1/p-5. The SMILES string of the molecule is O=[N+]([O-])c1cc(N=Nc2c(O)ccc(N=Nc3ccc(Nc4ccc([N+](=O)[O-])cc4S(=O)(=O)[O-])cc3)c2[O-])c([O-])c([N+](=O)[O-])c1.O=[N+]([O-])c1cc(N=Nc2ccc(O)cc2[O-])c([O-])c([N+](=O)[O-])c1.[Fe+3].[K+].[K+]. The topological polar surface area (TPSA) is 492 Å². The number of nitro groups is 5. The van der Waals surface area contributed by atoms with Crippen molar-refractivity contribution in [2.75, 3.05) is 5.32 Å². The zero-order valence-corrected chi connectivity index (χ0v) is 43.4. The molecule has 6 rings (SSSR count). The number of phenols is 2. The molecule has 0 heterocycles. The average Bonchev–Trinajstić information content (AvgIpc) is 3.26. The van der Waals surface area contributed by atoms with Crippen LogP contribution < -0.4 is 129 Å².